The third-order valence-corrected chi connectivity index (χ3v) is 6.42. The van der Waals surface area contributed by atoms with Gasteiger partial charge in [-0.3, -0.25) is 9.69 Å². The van der Waals surface area contributed by atoms with Crippen LogP contribution in [0.25, 0.3) is 0 Å². The van der Waals surface area contributed by atoms with Crippen molar-refractivity contribution in [2.24, 2.45) is 5.73 Å². The zero-order valence-corrected chi connectivity index (χ0v) is 22.0. The molecular formula is C32H32F2N2O4. The number of benzene rings is 4. The predicted octanol–water partition coefficient (Wildman–Crippen LogP) is 5.93. The van der Waals surface area contributed by atoms with Crippen LogP contribution < -0.4 is 15.2 Å². The van der Waals surface area contributed by atoms with E-state index >= 15 is 0 Å². The van der Waals surface area contributed by atoms with E-state index in [0.29, 0.717) is 31.1 Å². The van der Waals surface area contributed by atoms with Gasteiger partial charge in [-0.25, -0.2) is 8.78 Å². The van der Waals surface area contributed by atoms with Crippen molar-refractivity contribution in [2.45, 2.75) is 38.8 Å². The van der Waals surface area contributed by atoms with E-state index in [0.717, 1.165) is 22.3 Å². The summed E-state index contributed by atoms with van der Waals surface area (Å²) in [6, 6.07) is 26.6. The van der Waals surface area contributed by atoms with Crippen molar-refractivity contribution in [3.05, 3.63) is 131 Å². The van der Waals surface area contributed by atoms with E-state index in [-0.39, 0.29) is 31.3 Å². The minimum absolute atomic E-state index is 0.256. The Morgan fingerprint density at radius 3 is 1.57 bits per heavy atom. The van der Waals surface area contributed by atoms with Gasteiger partial charge in [0.25, 0.3) is 0 Å². The summed E-state index contributed by atoms with van der Waals surface area (Å²) in [5.74, 6) is -0.297. The second kappa shape index (κ2) is 14.2. The van der Waals surface area contributed by atoms with Crippen LogP contribution in [0.1, 0.15) is 28.7 Å². The number of carbonyl (C=O) groups is 1. The van der Waals surface area contributed by atoms with Crippen molar-refractivity contribution >= 4 is 5.97 Å². The maximum absolute atomic E-state index is 13.3. The summed E-state index contributed by atoms with van der Waals surface area (Å²) >= 11 is 0. The van der Waals surface area contributed by atoms with Crippen LogP contribution in [0.3, 0.4) is 0 Å². The van der Waals surface area contributed by atoms with Gasteiger partial charge in [-0.15, -0.1) is 0 Å². The number of rotatable bonds is 14. The molecule has 40 heavy (non-hydrogen) atoms. The van der Waals surface area contributed by atoms with Crippen LogP contribution in [-0.2, 0) is 31.1 Å². The summed E-state index contributed by atoms with van der Waals surface area (Å²) in [4.78, 5) is 13.5. The van der Waals surface area contributed by atoms with Crippen LogP contribution in [0.2, 0.25) is 0 Å². The first-order valence-corrected chi connectivity index (χ1v) is 13.0. The van der Waals surface area contributed by atoms with Crippen LogP contribution in [0, 0.1) is 11.6 Å². The highest BCUT2D eigenvalue weighted by atomic mass is 19.1. The van der Waals surface area contributed by atoms with Crippen LogP contribution in [-0.4, -0.2) is 28.6 Å². The van der Waals surface area contributed by atoms with E-state index < -0.39 is 12.0 Å². The van der Waals surface area contributed by atoms with Crippen molar-refractivity contribution < 1.29 is 28.2 Å². The Labute approximate surface area is 232 Å². The van der Waals surface area contributed by atoms with Crippen LogP contribution in [0.4, 0.5) is 8.78 Å². The largest absolute Gasteiger partial charge is 0.489 e. The lowest BCUT2D eigenvalue weighted by Gasteiger charge is -2.25. The molecule has 0 saturated carbocycles. The van der Waals surface area contributed by atoms with Crippen molar-refractivity contribution in [1.29, 1.82) is 0 Å². The average molecular weight is 547 g/mol. The van der Waals surface area contributed by atoms with Crippen molar-refractivity contribution in [3.63, 3.8) is 0 Å². The lowest BCUT2D eigenvalue weighted by atomic mass is 10.1. The Morgan fingerprint density at radius 2 is 1.15 bits per heavy atom. The molecule has 6 nitrogen and oxygen atoms in total. The second-order valence-corrected chi connectivity index (χ2v) is 9.49. The summed E-state index contributed by atoms with van der Waals surface area (Å²) in [5.41, 5.74) is 9.34. The summed E-state index contributed by atoms with van der Waals surface area (Å²) in [5, 5.41) is 9.32. The molecule has 4 aromatic rings. The average Bonchev–Trinajstić information content (AvgIpc) is 2.96. The molecular weight excluding hydrogens is 514 g/mol. The van der Waals surface area contributed by atoms with E-state index in [9.17, 15) is 18.7 Å². The topological polar surface area (TPSA) is 85.0 Å². The molecule has 3 N–H and O–H groups in total. The predicted molar refractivity (Wildman–Crippen MR) is 149 cm³/mol. The number of carboxylic acid groups (broad SMARTS) is 1. The van der Waals surface area contributed by atoms with Crippen LogP contribution in [0.5, 0.6) is 11.5 Å². The zero-order valence-electron chi connectivity index (χ0n) is 22.0. The second-order valence-electron chi connectivity index (χ2n) is 9.49. The molecule has 0 aromatic heterocycles. The molecule has 0 saturated heterocycles. The highest BCUT2D eigenvalue weighted by Crippen LogP contribution is 2.26. The quantitative estimate of drug-likeness (QED) is 0.204. The number of aliphatic carboxylic acids is 1. The number of halogens is 2. The summed E-state index contributed by atoms with van der Waals surface area (Å²) in [7, 11) is 0. The fourth-order valence-corrected chi connectivity index (χ4v) is 4.17. The van der Waals surface area contributed by atoms with Gasteiger partial charge in [-0.05, 0) is 53.9 Å². The molecule has 8 heteroatoms. The highest BCUT2D eigenvalue weighted by Gasteiger charge is 2.18. The van der Waals surface area contributed by atoms with Gasteiger partial charge in [0, 0.05) is 30.8 Å². The Balaban J connectivity index is 1.50. The van der Waals surface area contributed by atoms with Crippen molar-refractivity contribution in [2.75, 3.05) is 6.54 Å². The van der Waals surface area contributed by atoms with Gasteiger partial charge in [0.05, 0.1) is 0 Å². The first-order chi connectivity index (χ1) is 19.4. The molecule has 1 atom stereocenters. The lowest BCUT2D eigenvalue weighted by molar-refractivity contribution is -0.138. The molecule has 0 unspecified atom stereocenters. The van der Waals surface area contributed by atoms with E-state index in [1.165, 1.54) is 24.3 Å². The minimum Gasteiger partial charge on any atom is -0.489 e. The van der Waals surface area contributed by atoms with E-state index in [1.54, 1.807) is 24.3 Å². The number of nitrogens with two attached hydrogens (primary N) is 1. The molecule has 0 spiro atoms. The summed E-state index contributed by atoms with van der Waals surface area (Å²) in [6.07, 6.45) is 0.256. The fourth-order valence-electron chi connectivity index (χ4n) is 4.17. The zero-order chi connectivity index (χ0) is 28.3. The van der Waals surface area contributed by atoms with Gasteiger partial charge in [-0.1, -0.05) is 60.7 Å². The molecule has 0 aliphatic heterocycles. The molecule has 0 amide bonds. The van der Waals surface area contributed by atoms with Gasteiger partial charge >= 0.3 is 5.97 Å². The molecule has 0 heterocycles. The molecule has 0 aliphatic carbocycles. The Kier molecular flexibility index (Phi) is 10.2. The van der Waals surface area contributed by atoms with Gasteiger partial charge in [-0.2, -0.15) is 0 Å². The molecule has 0 fully saturated rings. The summed E-state index contributed by atoms with van der Waals surface area (Å²) in [6.45, 7) is 1.92. The maximum atomic E-state index is 13.3. The van der Waals surface area contributed by atoms with Crippen molar-refractivity contribution in [3.8, 4) is 11.5 Å². The molecule has 208 valence electrons. The minimum atomic E-state index is -1.05. The normalized spacial score (nSPS) is 11.8. The van der Waals surface area contributed by atoms with Gasteiger partial charge in [0.1, 0.15) is 42.4 Å². The summed E-state index contributed by atoms with van der Waals surface area (Å²) < 4.78 is 38.7. The maximum Gasteiger partial charge on any atom is 0.320 e. The van der Waals surface area contributed by atoms with E-state index in [4.69, 9.17) is 15.2 Å². The first kappa shape index (κ1) is 28.7. The van der Waals surface area contributed by atoms with Gasteiger partial charge < -0.3 is 20.3 Å². The third kappa shape index (κ3) is 8.62. The number of nitrogens with zero attached hydrogens (tertiary/aromatic N) is 1. The number of carboxylic acids is 1. The van der Waals surface area contributed by atoms with Gasteiger partial charge in [0.2, 0.25) is 0 Å². The molecule has 0 bridgehead atoms. The number of para-hydroxylation sites is 2. The molecule has 4 rings (SSSR count). The number of hydrogen-bond acceptors (Lipinski definition) is 5. The fraction of sp³-hybridized carbons (Fsp3) is 0.219. The molecule has 0 aliphatic rings. The number of hydrogen-bond donors (Lipinski definition) is 2. The van der Waals surface area contributed by atoms with E-state index in [1.807, 2.05) is 48.5 Å². The first-order valence-electron chi connectivity index (χ1n) is 13.0. The Morgan fingerprint density at radius 1 is 0.725 bits per heavy atom. The molecule has 4 aromatic carbocycles. The SMILES string of the molecule is N[C@H](CCN(Cc1ccccc1OCc1ccc(F)cc1)Cc1ccccc1OCc1ccc(F)cc1)C(=O)O. The smallest absolute Gasteiger partial charge is 0.320 e. The molecule has 0 radical (unpaired) electrons. The number of ether oxygens (including phenoxy) is 2. The standard InChI is InChI=1S/C32H32F2N2O4/c33-27-13-9-23(10-14-27)21-39-30-7-3-1-5-25(30)19-36(18-17-29(35)32(37)38)20-26-6-2-4-8-31(26)40-22-24-11-15-28(34)16-12-24/h1-16,29H,17-22,35H2,(H,37,38)/t29-/m1/s1. The van der Waals surface area contributed by atoms with Crippen LogP contribution >= 0.6 is 0 Å². The van der Waals surface area contributed by atoms with E-state index in [2.05, 4.69) is 4.90 Å². The Hall–Kier alpha value is -4.27. The third-order valence-electron chi connectivity index (χ3n) is 6.42. The van der Waals surface area contributed by atoms with Crippen molar-refractivity contribution in [1.82, 2.24) is 4.90 Å². The van der Waals surface area contributed by atoms with Gasteiger partial charge in [0.15, 0.2) is 0 Å². The monoisotopic (exact) mass is 546 g/mol. The highest BCUT2D eigenvalue weighted by molar-refractivity contribution is 5.73. The Bertz CT molecular complexity index is 1290. The van der Waals surface area contributed by atoms with Crippen LogP contribution in [0.15, 0.2) is 97.1 Å². The lowest BCUT2D eigenvalue weighted by Crippen LogP contribution is -2.35.